The molecule has 1 unspecified atom stereocenters. The van der Waals surface area contributed by atoms with Gasteiger partial charge in [-0.05, 0) is 63.6 Å². The lowest BCUT2D eigenvalue weighted by Gasteiger charge is -2.33. The summed E-state index contributed by atoms with van der Waals surface area (Å²) in [5.74, 6) is 0.0932. The number of fused-ring (bicyclic) bond motifs is 1. The van der Waals surface area contributed by atoms with Crippen molar-refractivity contribution in [3.05, 3.63) is 59.9 Å². The predicted octanol–water partition coefficient (Wildman–Crippen LogP) is 4.21. The van der Waals surface area contributed by atoms with Crippen LogP contribution < -0.4 is 5.32 Å². The zero-order valence-electron chi connectivity index (χ0n) is 22.1. The number of H-pyrrole nitrogens is 1. The quantitative estimate of drug-likeness (QED) is 0.562. The molecule has 1 saturated heterocycles. The maximum atomic E-state index is 12.9. The minimum Gasteiger partial charge on any atom is -0.346 e. The van der Waals surface area contributed by atoms with Gasteiger partial charge >= 0.3 is 6.03 Å². The molecular formula is C29H36N6O2. The highest BCUT2D eigenvalue weighted by atomic mass is 16.2. The molecule has 2 aliphatic heterocycles. The van der Waals surface area contributed by atoms with Crippen molar-refractivity contribution >= 4 is 28.5 Å². The summed E-state index contributed by atoms with van der Waals surface area (Å²) >= 11 is 0. The van der Waals surface area contributed by atoms with Gasteiger partial charge in [-0.1, -0.05) is 18.2 Å². The van der Waals surface area contributed by atoms with Crippen LogP contribution in [0.3, 0.4) is 0 Å². The van der Waals surface area contributed by atoms with Gasteiger partial charge in [0.25, 0.3) is 5.91 Å². The molecule has 37 heavy (non-hydrogen) atoms. The van der Waals surface area contributed by atoms with Gasteiger partial charge in [0.15, 0.2) is 0 Å². The Morgan fingerprint density at radius 3 is 2.46 bits per heavy atom. The fraction of sp³-hybridized carbons (Fsp3) is 0.414. The third kappa shape index (κ3) is 5.25. The van der Waals surface area contributed by atoms with Gasteiger partial charge in [0, 0.05) is 79.3 Å². The molecule has 4 heterocycles. The summed E-state index contributed by atoms with van der Waals surface area (Å²) in [5.41, 5.74) is 5.95. The lowest BCUT2D eigenvalue weighted by atomic mass is 9.95. The van der Waals surface area contributed by atoms with Crippen molar-refractivity contribution in [2.45, 2.75) is 39.3 Å². The number of nitrogens with one attached hydrogen (secondary N) is 2. The zero-order chi connectivity index (χ0) is 26.1. The van der Waals surface area contributed by atoms with Crippen molar-refractivity contribution in [1.29, 1.82) is 0 Å². The van der Waals surface area contributed by atoms with Crippen molar-refractivity contribution in [1.82, 2.24) is 30.0 Å². The van der Waals surface area contributed by atoms with Gasteiger partial charge in [-0.15, -0.1) is 0 Å². The average Bonchev–Trinajstić information content (AvgIpc) is 3.31. The summed E-state index contributed by atoms with van der Waals surface area (Å²) in [4.78, 5) is 39.5. The van der Waals surface area contributed by atoms with Crippen molar-refractivity contribution in [2.75, 3.05) is 39.8 Å². The van der Waals surface area contributed by atoms with E-state index in [2.05, 4.69) is 46.3 Å². The number of hydrogen-bond acceptors (Lipinski definition) is 4. The number of rotatable bonds is 4. The zero-order valence-corrected chi connectivity index (χ0v) is 22.1. The first-order chi connectivity index (χ1) is 17.8. The molecule has 8 heteroatoms. The Morgan fingerprint density at radius 1 is 1.05 bits per heavy atom. The van der Waals surface area contributed by atoms with E-state index in [9.17, 15) is 9.59 Å². The van der Waals surface area contributed by atoms with Crippen LogP contribution in [-0.2, 0) is 0 Å². The summed E-state index contributed by atoms with van der Waals surface area (Å²) in [5, 5.41) is 4.06. The second kappa shape index (κ2) is 10.4. The molecule has 2 N–H and O–H groups in total. The Balaban J connectivity index is 1.35. The van der Waals surface area contributed by atoms with Crippen molar-refractivity contribution in [2.24, 2.45) is 0 Å². The topological polar surface area (TPSA) is 84.6 Å². The molecule has 0 saturated carbocycles. The molecule has 1 atom stereocenters. The molecule has 8 nitrogen and oxygen atoms in total. The highest BCUT2D eigenvalue weighted by Crippen LogP contribution is 2.32. The largest absolute Gasteiger partial charge is 0.346 e. The highest BCUT2D eigenvalue weighted by Gasteiger charge is 2.25. The van der Waals surface area contributed by atoms with E-state index >= 15 is 0 Å². The molecule has 0 spiro atoms. The van der Waals surface area contributed by atoms with Gasteiger partial charge in [0.05, 0.1) is 0 Å². The van der Waals surface area contributed by atoms with Gasteiger partial charge in [0.1, 0.15) is 5.65 Å². The maximum Gasteiger partial charge on any atom is 0.318 e. The van der Waals surface area contributed by atoms with Crippen molar-refractivity contribution in [3.63, 3.8) is 0 Å². The Bertz CT molecular complexity index is 1320. The number of pyridine rings is 1. The SMILES string of the molecule is CC(C)NC(=O)N1CCC(c2c[nH]c3ncc(-c4ccc(C(=O)N5CCN(C)CC5)cc4)cc23)=CC1C. The molecule has 3 aromatic rings. The number of piperazine rings is 1. The van der Waals surface area contributed by atoms with Crippen LogP contribution in [0.15, 0.2) is 48.8 Å². The number of likely N-dealkylation sites (N-methyl/N-ethyl adjacent to an activating group) is 1. The number of benzene rings is 1. The number of aromatic nitrogens is 2. The molecule has 1 fully saturated rings. The van der Waals surface area contributed by atoms with Gasteiger partial charge in [-0.3, -0.25) is 4.79 Å². The molecule has 194 valence electrons. The van der Waals surface area contributed by atoms with E-state index in [1.54, 1.807) is 0 Å². The third-order valence-electron chi connectivity index (χ3n) is 7.36. The Labute approximate surface area is 218 Å². The van der Waals surface area contributed by atoms with Crippen LogP contribution in [0.25, 0.3) is 27.7 Å². The van der Waals surface area contributed by atoms with E-state index in [-0.39, 0.29) is 24.0 Å². The van der Waals surface area contributed by atoms with Crippen LogP contribution in [0, 0.1) is 0 Å². The molecule has 3 amide bonds. The summed E-state index contributed by atoms with van der Waals surface area (Å²) < 4.78 is 0. The number of urea groups is 1. The number of nitrogens with zero attached hydrogens (tertiary/aromatic N) is 4. The summed E-state index contributed by atoms with van der Waals surface area (Å²) in [6.45, 7) is 10.0. The van der Waals surface area contributed by atoms with Crippen LogP contribution in [0.5, 0.6) is 0 Å². The number of carbonyl (C=O) groups excluding carboxylic acids is 2. The van der Waals surface area contributed by atoms with E-state index in [0.717, 1.165) is 65.9 Å². The molecule has 5 rings (SSSR count). The molecule has 0 bridgehead atoms. The summed E-state index contributed by atoms with van der Waals surface area (Å²) in [6.07, 6.45) is 6.85. The van der Waals surface area contributed by atoms with Crippen LogP contribution in [0.4, 0.5) is 4.79 Å². The van der Waals surface area contributed by atoms with Gasteiger partial charge in [-0.2, -0.15) is 0 Å². The standard InChI is InChI=1S/C29H36N6O2/c1-19(2)32-29(37)35-10-9-23(15-20(35)3)26-18-31-27-25(26)16-24(17-30-27)21-5-7-22(8-6-21)28(36)34-13-11-33(4)12-14-34/h5-8,15-20H,9-14H2,1-4H3,(H,30,31)(H,32,37). The van der Waals surface area contributed by atoms with Crippen molar-refractivity contribution in [3.8, 4) is 11.1 Å². The van der Waals surface area contributed by atoms with E-state index in [0.29, 0.717) is 6.54 Å². The summed E-state index contributed by atoms with van der Waals surface area (Å²) in [7, 11) is 2.09. The smallest absolute Gasteiger partial charge is 0.318 e. The Kier molecular flexibility index (Phi) is 7.02. The minimum atomic E-state index is -0.0183. The fourth-order valence-corrected chi connectivity index (χ4v) is 5.17. The second-order valence-electron chi connectivity index (χ2n) is 10.5. The van der Waals surface area contributed by atoms with Crippen molar-refractivity contribution < 1.29 is 9.59 Å². The molecule has 2 aromatic heterocycles. The first-order valence-electron chi connectivity index (χ1n) is 13.1. The maximum absolute atomic E-state index is 12.9. The number of amides is 3. The van der Waals surface area contributed by atoms with E-state index in [1.165, 1.54) is 5.57 Å². The Morgan fingerprint density at radius 2 is 1.78 bits per heavy atom. The fourth-order valence-electron chi connectivity index (χ4n) is 5.17. The normalized spacial score (nSPS) is 18.8. The second-order valence-corrected chi connectivity index (χ2v) is 10.5. The number of aromatic amines is 1. The van der Waals surface area contributed by atoms with E-state index in [1.807, 2.05) is 60.3 Å². The monoisotopic (exact) mass is 500 g/mol. The molecular weight excluding hydrogens is 464 g/mol. The van der Waals surface area contributed by atoms with Crippen LogP contribution in [-0.4, -0.2) is 88.5 Å². The van der Waals surface area contributed by atoms with Crippen LogP contribution >= 0.6 is 0 Å². The molecule has 0 aliphatic carbocycles. The van der Waals surface area contributed by atoms with Crippen LogP contribution in [0.1, 0.15) is 43.1 Å². The third-order valence-corrected chi connectivity index (χ3v) is 7.36. The van der Waals surface area contributed by atoms with Gasteiger partial charge in [-0.25, -0.2) is 9.78 Å². The Hall–Kier alpha value is -3.65. The lowest BCUT2D eigenvalue weighted by molar-refractivity contribution is 0.0664. The summed E-state index contributed by atoms with van der Waals surface area (Å²) in [6, 6.07) is 10.1. The minimum absolute atomic E-state index is 0.00831. The first-order valence-corrected chi connectivity index (χ1v) is 13.1. The van der Waals surface area contributed by atoms with Gasteiger partial charge in [0.2, 0.25) is 0 Å². The number of carbonyl (C=O) groups is 2. The first kappa shape index (κ1) is 25.0. The van der Waals surface area contributed by atoms with E-state index < -0.39 is 0 Å². The average molecular weight is 501 g/mol. The van der Waals surface area contributed by atoms with E-state index in [4.69, 9.17) is 0 Å². The molecule has 2 aliphatic rings. The predicted molar refractivity (Wildman–Crippen MR) is 147 cm³/mol. The number of hydrogen-bond donors (Lipinski definition) is 2. The molecule has 0 radical (unpaired) electrons. The van der Waals surface area contributed by atoms with Crippen LogP contribution in [0.2, 0.25) is 0 Å². The molecule has 1 aromatic carbocycles. The van der Waals surface area contributed by atoms with Gasteiger partial charge < -0.3 is 25.0 Å². The highest BCUT2D eigenvalue weighted by molar-refractivity contribution is 5.96. The lowest BCUT2D eigenvalue weighted by Crippen LogP contribution is -2.48.